The van der Waals surface area contributed by atoms with Crippen molar-refractivity contribution in [3.8, 4) is 0 Å². The molecule has 0 aromatic heterocycles. The topological polar surface area (TPSA) is 86.6 Å². The Bertz CT molecular complexity index is 498. The van der Waals surface area contributed by atoms with E-state index in [1.807, 2.05) is 12.1 Å². The van der Waals surface area contributed by atoms with Gasteiger partial charge in [0.05, 0.1) is 0 Å². The smallest absolute Gasteiger partial charge is 0.332 e. The molecule has 5 heteroatoms. The molecule has 1 atom stereocenters. The average molecular weight is 263 g/mol. The molecule has 2 rings (SSSR count). The molecule has 1 aliphatic rings. The maximum absolute atomic E-state index is 11.9. The van der Waals surface area contributed by atoms with Gasteiger partial charge in [-0.2, -0.15) is 0 Å². The van der Waals surface area contributed by atoms with E-state index in [0.717, 1.165) is 19.3 Å². The molecule has 19 heavy (non-hydrogen) atoms. The van der Waals surface area contributed by atoms with Gasteiger partial charge in [0, 0.05) is 18.5 Å². The first kappa shape index (κ1) is 13.5. The fourth-order valence-corrected chi connectivity index (χ4v) is 2.26. The molecule has 1 aromatic carbocycles. The minimum absolute atomic E-state index is 0.00597. The van der Waals surface area contributed by atoms with Crippen molar-refractivity contribution in [3.63, 3.8) is 0 Å². The normalized spacial score (nSPS) is 14.8. The Labute approximate surface area is 111 Å². The summed E-state index contributed by atoms with van der Waals surface area (Å²) in [6.45, 7) is 0.142. The molecule has 0 saturated carbocycles. The van der Waals surface area contributed by atoms with Gasteiger partial charge in [0.15, 0.2) is 6.10 Å². The minimum atomic E-state index is -1.43. The lowest BCUT2D eigenvalue weighted by atomic mass is 10.1. The van der Waals surface area contributed by atoms with Crippen LogP contribution in [0.25, 0.3) is 0 Å². The van der Waals surface area contributed by atoms with Gasteiger partial charge in [0.2, 0.25) is 0 Å². The number of aliphatic hydroxyl groups is 1. The molecule has 0 heterocycles. The fraction of sp³-hybridized carbons (Fsp3) is 0.429. The highest BCUT2D eigenvalue weighted by atomic mass is 16.4. The lowest BCUT2D eigenvalue weighted by Gasteiger charge is -2.08. The van der Waals surface area contributed by atoms with E-state index in [9.17, 15) is 9.59 Å². The van der Waals surface area contributed by atoms with Crippen molar-refractivity contribution in [3.05, 3.63) is 34.9 Å². The number of carbonyl (C=O) groups is 2. The van der Waals surface area contributed by atoms with Gasteiger partial charge in [-0.05, 0) is 42.5 Å². The summed E-state index contributed by atoms with van der Waals surface area (Å²) < 4.78 is 0. The molecule has 0 radical (unpaired) electrons. The van der Waals surface area contributed by atoms with Crippen molar-refractivity contribution in [2.45, 2.75) is 31.8 Å². The molecule has 3 N–H and O–H groups in total. The van der Waals surface area contributed by atoms with E-state index in [2.05, 4.69) is 5.32 Å². The number of fused-ring (bicyclic) bond motifs is 1. The number of amides is 1. The third-order valence-corrected chi connectivity index (χ3v) is 3.35. The van der Waals surface area contributed by atoms with E-state index in [1.165, 1.54) is 11.1 Å². The molecule has 0 fully saturated rings. The SMILES string of the molecule is O=C(NCC[C@H](O)C(=O)O)c1ccc2c(c1)CCC2. The Morgan fingerprint density at radius 2 is 2.00 bits per heavy atom. The molecule has 0 unspecified atom stereocenters. The van der Waals surface area contributed by atoms with Gasteiger partial charge in [0.1, 0.15) is 0 Å². The van der Waals surface area contributed by atoms with Crippen LogP contribution < -0.4 is 5.32 Å². The average Bonchev–Trinajstić information content (AvgIpc) is 2.85. The summed E-state index contributed by atoms with van der Waals surface area (Å²) in [5, 5.41) is 20.2. The predicted molar refractivity (Wildman–Crippen MR) is 69.1 cm³/mol. The second kappa shape index (κ2) is 5.84. The number of rotatable bonds is 5. The van der Waals surface area contributed by atoms with E-state index in [1.54, 1.807) is 6.07 Å². The van der Waals surface area contributed by atoms with Gasteiger partial charge in [-0.3, -0.25) is 4.79 Å². The molecule has 0 saturated heterocycles. The lowest BCUT2D eigenvalue weighted by Crippen LogP contribution is -2.30. The van der Waals surface area contributed by atoms with Crippen molar-refractivity contribution in [2.75, 3.05) is 6.54 Å². The summed E-state index contributed by atoms with van der Waals surface area (Å²) >= 11 is 0. The largest absolute Gasteiger partial charge is 0.479 e. The molecular formula is C14H17NO4. The minimum Gasteiger partial charge on any atom is -0.479 e. The predicted octanol–water partition coefficient (Wildman–Crippen LogP) is 0.741. The van der Waals surface area contributed by atoms with E-state index < -0.39 is 12.1 Å². The van der Waals surface area contributed by atoms with E-state index >= 15 is 0 Å². The van der Waals surface area contributed by atoms with Crippen LogP contribution in [0, 0.1) is 0 Å². The second-order valence-electron chi connectivity index (χ2n) is 4.74. The van der Waals surface area contributed by atoms with Crippen molar-refractivity contribution < 1.29 is 19.8 Å². The summed E-state index contributed by atoms with van der Waals surface area (Å²) in [4.78, 5) is 22.3. The van der Waals surface area contributed by atoms with Crippen molar-refractivity contribution in [1.82, 2.24) is 5.32 Å². The van der Waals surface area contributed by atoms with Gasteiger partial charge in [0.25, 0.3) is 5.91 Å². The molecule has 102 valence electrons. The number of carboxylic acids is 1. The van der Waals surface area contributed by atoms with Crippen LogP contribution in [0.2, 0.25) is 0 Å². The number of hydrogen-bond acceptors (Lipinski definition) is 3. The third kappa shape index (κ3) is 3.32. The number of aryl methyl sites for hydroxylation is 2. The van der Waals surface area contributed by atoms with E-state index in [-0.39, 0.29) is 18.9 Å². The summed E-state index contributed by atoms with van der Waals surface area (Å²) in [6, 6.07) is 5.65. The molecule has 1 aromatic rings. The summed E-state index contributed by atoms with van der Waals surface area (Å²) in [6.07, 6.45) is 1.79. The van der Waals surface area contributed by atoms with Crippen LogP contribution in [0.1, 0.15) is 34.3 Å². The van der Waals surface area contributed by atoms with Crippen molar-refractivity contribution in [2.24, 2.45) is 0 Å². The number of hydrogen-bond donors (Lipinski definition) is 3. The highest BCUT2D eigenvalue weighted by molar-refractivity contribution is 5.94. The molecular weight excluding hydrogens is 246 g/mol. The summed E-state index contributed by atoms with van der Waals surface area (Å²) in [7, 11) is 0. The van der Waals surface area contributed by atoms with Crippen LogP contribution in [-0.2, 0) is 17.6 Å². The number of carbonyl (C=O) groups excluding carboxylic acids is 1. The van der Waals surface area contributed by atoms with Gasteiger partial charge in [-0.1, -0.05) is 6.07 Å². The Hall–Kier alpha value is -1.88. The second-order valence-corrected chi connectivity index (χ2v) is 4.74. The zero-order chi connectivity index (χ0) is 13.8. The lowest BCUT2D eigenvalue weighted by molar-refractivity contribution is -0.146. The van der Waals surface area contributed by atoms with Crippen molar-refractivity contribution in [1.29, 1.82) is 0 Å². The van der Waals surface area contributed by atoms with Crippen LogP contribution in [0.3, 0.4) is 0 Å². The van der Waals surface area contributed by atoms with Gasteiger partial charge in [-0.25, -0.2) is 4.79 Å². The Kier molecular flexibility index (Phi) is 4.16. The zero-order valence-electron chi connectivity index (χ0n) is 10.6. The Balaban J connectivity index is 1.88. The fourth-order valence-electron chi connectivity index (χ4n) is 2.26. The highest BCUT2D eigenvalue weighted by Crippen LogP contribution is 2.22. The molecule has 1 aliphatic carbocycles. The van der Waals surface area contributed by atoms with Crippen LogP contribution in [0.4, 0.5) is 0 Å². The molecule has 1 amide bonds. The van der Waals surface area contributed by atoms with E-state index in [4.69, 9.17) is 10.2 Å². The van der Waals surface area contributed by atoms with Crippen LogP contribution in [0.5, 0.6) is 0 Å². The zero-order valence-corrected chi connectivity index (χ0v) is 10.6. The first-order valence-electron chi connectivity index (χ1n) is 6.39. The number of aliphatic carboxylic acids is 1. The van der Waals surface area contributed by atoms with Gasteiger partial charge in [-0.15, -0.1) is 0 Å². The van der Waals surface area contributed by atoms with Crippen molar-refractivity contribution >= 4 is 11.9 Å². The number of nitrogens with one attached hydrogen (secondary N) is 1. The van der Waals surface area contributed by atoms with E-state index in [0.29, 0.717) is 5.56 Å². The standard InChI is InChI=1S/C14H17NO4/c16-12(14(18)19)6-7-15-13(17)11-5-4-9-2-1-3-10(9)8-11/h4-5,8,12,16H,1-3,6-7H2,(H,15,17)(H,18,19)/t12-/m0/s1. The first-order chi connectivity index (χ1) is 9.08. The maximum Gasteiger partial charge on any atom is 0.332 e. The monoisotopic (exact) mass is 263 g/mol. The Morgan fingerprint density at radius 1 is 1.26 bits per heavy atom. The number of aliphatic hydroxyl groups excluding tert-OH is 1. The van der Waals surface area contributed by atoms with Crippen LogP contribution in [0.15, 0.2) is 18.2 Å². The maximum atomic E-state index is 11.9. The Morgan fingerprint density at radius 3 is 2.74 bits per heavy atom. The molecule has 0 aliphatic heterocycles. The molecule has 5 nitrogen and oxygen atoms in total. The third-order valence-electron chi connectivity index (χ3n) is 3.35. The van der Waals surface area contributed by atoms with Crippen LogP contribution in [-0.4, -0.2) is 34.7 Å². The number of carboxylic acid groups (broad SMARTS) is 1. The number of benzene rings is 1. The molecule has 0 spiro atoms. The molecule has 0 bridgehead atoms. The first-order valence-corrected chi connectivity index (χ1v) is 6.39. The van der Waals surface area contributed by atoms with Gasteiger partial charge < -0.3 is 15.5 Å². The quantitative estimate of drug-likeness (QED) is 0.731. The van der Waals surface area contributed by atoms with Gasteiger partial charge >= 0.3 is 5.97 Å². The summed E-state index contributed by atoms with van der Waals surface area (Å²) in [5.74, 6) is -1.50. The van der Waals surface area contributed by atoms with Crippen LogP contribution >= 0.6 is 0 Å². The summed E-state index contributed by atoms with van der Waals surface area (Å²) in [5.41, 5.74) is 3.11. The highest BCUT2D eigenvalue weighted by Gasteiger charge is 2.15.